The maximum Gasteiger partial charge on any atom is 2.00 e. The van der Waals surface area contributed by atoms with E-state index >= 15 is 0 Å². The molecule has 0 nitrogen and oxygen atoms in total. The summed E-state index contributed by atoms with van der Waals surface area (Å²) in [7, 11) is 0. The van der Waals surface area contributed by atoms with Gasteiger partial charge in [-0.2, -0.15) is 0 Å². The Morgan fingerprint density at radius 2 is 0.500 bits per heavy atom. The number of halogens is 5. The maximum absolute atomic E-state index is 0. The molecule has 0 saturated carbocycles. The third-order valence-corrected chi connectivity index (χ3v) is 0. The molecule has 0 spiro atoms. The van der Waals surface area contributed by atoms with Crippen molar-refractivity contribution in [2.24, 2.45) is 0 Å². The molecule has 0 N–H and O–H groups in total. The molecule has 0 amide bonds. The average Bonchev–Trinajstić information content (AvgIpc) is 0. The van der Waals surface area contributed by atoms with E-state index in [2.05, 4.69) is 0 Å². The Balaban J connectivity index is 0. The fraction of sp³-hybridized carbons (Fsp3) is 0. The summed E-state index contributed by atoms with van der Waals surface area (Å²) in [5, 5.41) is 0. The zero-order valence-electron chi connectivity index (χ0n) is 4.10. The normalized spacial score (nSPS) is 0. The standard InChI is InChI=1S/Ca.5ClH.Cs.Pb/h;5*1H;;/q+2;;;;;;+1;+2/p-5. The molecule has 42 valence electrons. The van der Waals surface area contributed by atoms with Gasteiger partial charge in [0.15, 0.2) is 0 Å². The molecule has 0 bridgehead atoms. The van der Waals surface area contributed by atoms with Crippen LogP contribution in [-0.4, -0.2) is 65.0 Å². The van der Waals surface area contributed by atoms with Gasteiger partial charge >= 0.3 is 134 Å². The van der Waals surface area contributed by atoms with Crippen LogP contribution >= 0.6 is 0 Å². The van der Waals surface area contributed by atoms with Crippen LogP contribution in [0, 0.1) is 0 Å². The molecule has 0 aliphatic rings. The monoisotopic (exact) mass is 556 g/mol. The summed E-state index contributed by atoms with van der Waals surface area (Å²) in [5.41, 5.74) is 0. The second-order valence-corrected chi connectivity index (χ2v) is 0. The topological polar surface area (TPSA) is 0 Å². The first-order chi connectivity index (χ1) is 0. The van der Waals surface area contributed by atoms with E-state index in [0.717, 1.165) is 0 Å². The molecule has 0 atom stereocenters. The van der Waals surface area contributed by atoms with Gasteiger partial charge in [0.25, 0.3) is 0 Å². The summed E-state index contributed by atoms with van der Waals surface area (Å²) in [6, 6.07) is 0. The Kier molecular flexibility index (Phi) is 457. The third kappa shape index (κ3) is 41.3. The Hall–Kier alpha value is 5.68. The zero-order valence-corrected chi connectivity index (χ0v) is 20.3. The van der Waals surface area contributed by atoms with Crippen molar-refractivity contribution in [3.05, 3.63) is 0 Å². The molecule has 8 heteroatoms. The summed E-state index contributed by atoms with van der Waals surface area (Å²) >= 11 is 0. The quantitative estimate of drug-likeness (QED) is 0.260. The van der Waals surface area contributed by atoms with Gasteiger partial charge in [-0.05, 0) is 0 Å². The molecule has 2 radical (unpaired) electrons. The summed E-state index contributed by atoms with van der Waals surface area (Å²) < 4.78 is 0. The summed E-state index contributed by atoms with van der Waals surface area (Å²) in [4.78, 5) is 0. The van der Waals surface area contributed by atoms with Crippen LogP contribution in [0.1, 0.15) is 0 Å². The SMILES string of the molecule is [Ca+2].[Cl-].[Cl-].[Cl-].[Cl-].[Cl-].[Cs+].[Pb+2]. The van der Waals surface area contributed by atoms with Crippen molar-refractivity contribution >= 4 is 65.0 Å². The van der Waals surface area contributed by atoms with Gasteiger partial charge < -0.3 is 62.0 Å². The van der Waals surface area contributed by atoms with Gasteiger partial charge in [-0.25, -0.2) is 0 Å². The number of hydrogen-bond donors (Lipinski definition) is 0. The molecule has 0 aromatic heterocycles. The van der Waals surface area contributed by atoms with Crippen molar-refractivity contribution in [3.63, 3.8) is 0 Å². The molecule has 0 aliphatic heterocycles. The largest absolute Gasteiger partial charge is 2.00 e. The summed E-state index contributed by atoms with van der Waals surface area (Å²) in [6.45, 7) is 0. The first kappa shape index (κ1) is 68.1. The minimum Gasteiger partial charge on any atom is -1.00 e. The molecule has 0 aromatic rings. The van der Waals surface area contributed by atoms with E-state index in [1.165, 1.54) is 0 Å². The Morgan fingerprint density at radius 1 is 0.500 bits per heavy atom. The maximum atomic E-state index is 0. The van der Waals surface area contributed by atoms with Crippen molar-refractivity contribution in [1.82, 2.24) is 0 Å². The molecular weight excluding hydrogens is 557 g/mol. The average molecular weight is 557 g/mol. The molecule has 0 aromatic carbocycles. The van der Waals surface area contributed by atoms with Crippen LogP contribution < -0.4 is 131 Å². The van der Waals surface area contributed by atoms with E-state index < -0.39 is 0 Å². The van der Waals surface area contributed by atoms with Crippen LogP contribution in [0.2, 0.25) is 0 Å². The second-order valence-electron chi connectivity index (χ2n) is 0. The van der Waals surface area contributed by atoms with Gasteiger partial charge in [0.05, 0.1) is 0 Å². The third-order valence-electron chi connectivity index (χ3n) is 0. The molecule has 0 unspecified atom stereocenters. The number of hydrogen-bond acceptors (Lipinski definition) is 0. The Labute approximate surface area is 190 Å². The molecule has 0 rings (SSSR count). The smallest absolute Gasteiger partial charge is 1.00 e. The van der Waals surface area contributed by atoms with E-state index in [4.69, 9.17) is 0 Å². The fourth-order valence-corrected chi connectivity index (χ4v) is 0. The Bertz CT molecular complexity index is 12.4. The van der Waals surface area contributed by atoms with E-state index in [-0.39, 0.29) is 196 Å². The van der Waals surface area contributed by atoms with E-state index in [0.29, 0.717) is 0 Å². The second kappa shape index (κ2) is 53.6. The molecular formula is CaCl5CsPb. The minimum absolute atomic E-state index is 0. The van der Waals surface area contributed by atoms with E-state index in [1.807, 2.05) is 0 Å². The van der Waals surface area contributed by atoms with Gasteiger partial charge in [-0.1, -0.05) is 0 Å². The molecule has 0 saturated heterocycles. The van der Waals surface area contributed by atoms with E-state index in [9.17, 15) is 0 Å². The van der Waals surface area contributed by atoms with Crippen LogP contribution in [-0.2, 0) is 0 Å². The van der Waals surface area contributed by atoms with Crippen LogP contribution in [0.25, 0.3) is 0 Å². The van der Waals surface area contributed by atoms with Crippen molar-refractivity contribution < 1.29 is 131 Å². The van der Waals surface area contributed by atoms with Gasteiger partial charge in [-0.15, -0.1) is 0 Å². The van der Waals surface area contributed by atoms with Crippen LogP contribution in [0.5, 0.6) is 0 Å². The van der Waals surface area contributed by atoms with Gasteiger partial charge in [0.2, 0.25) is 0 Å². The van der Waals surface area contributed by atoms with Crippen molar-refractivity contribution in [2.45, 2.75) is 0 Å². The number of rotatable bonds is 0. The van der Waals surface area contributed by atoms with Gasteiger partial charge in [0, 0.05) is 0 Å². The molecule has 8 heavy (non-hydrogen) atoms. The van der Waals surface area contributed by atoms with Gasteiger partial charge in [0.1, 0.15) is 0 Å². The van der Waals surface area contributed by atoms with Crippen molar-refractivity contribution in [2.75, 3.05) is 0 Å². The predicted octanol–water partition coefficient (Wildman–Crippen LogP) is -18.7. The van der Waals surface area contributed by atoms with Crippen LogP contribution in [0.15, 0.2) is 0 Å². The first-order valence-corrected chi connectivity index (χ1v) is 0. The van der Waals surface area contributed by atoms with Crippen molar-refractivity contribution in [1.29, 1.82) is 0 Å². The summed E-state index contributed by atoms with van der Waals surface area (Å²) in [6.07, 6.45) is 0. The summed E-state index contributed by atoms with van der Waals surface area (Å²) in [5.74, 6) is 0. The van der Waals surface area contributed by atoms with Crippen molar-refractivity contribution in [3.8, 4) is 0 Å². The van der Waals surface area contributed by atoms with Crippen LogP contribution in [0.3, 0.4) is 0 Å². The first-order valence-electron chi connectivity index (χ1n) is 0. The predicted molar refractivity (Wildman–Crippen MR) is 11.5 cm³/mol. The minimum atomic E-state index is 0. The molecule has 0 aliphatic carbocycles. The Morgan fingerprint density at radius 3 is 0.500 bits per heavy atom. The molecule has 0 heterocycles. The van der Waals surface area contributed by atoms with Gasteiger partial charge in [-0.3, -0.25) is 0 Å². The van der Waals surface area contributed by atoms with E-state index in [1.54, 1.807) is 0 Å². The molecule has 0 fully saturated rings. The fourth-order valence-electron chi connectivity index (χ4n) is 0. The zero-order chi connectivity index (χ0) is 0. The van der Waals surface area contributed by atoms with Crippen LogP contribution in [0.4, 0.5) is 0 Å².